The van der Waals surface area contributed by atoms with Crippen molar-refractivity contribution in [2.45, 2.75) is 33.6 Å². The zero-order valence-corrected chi connectivity index (χ0v) is 14.0. The Labute approximate surface area is 129 Å². The first kappa shape index (κ1) is 15.0. The molecule has 1 N–H and O–H groups in total. The lowest BCUT2D eigenvalue weighted by Crippen LogP contribution is -2.08. The standard InChI is InChI=1S/C16H20BrN3/c1-5-18-16-11(4)14(19-15(20-16)10(2)3)12-6-8-13(17)9-7-12/h6-10H,5H2,1-4H3,(H,18,19,20). The molecule has 0 saturated carbocycles. The Morgan fingerprint density at radius 3 is 2.35 bits per heavy atom. The number of hydrogen-bond acceptors (Lipinski definition) is 3. The fraction of sp³-hybridized carbons (Fsp3) is 0.375. The second-order valence-corrected chi connectivity index (χ2v) is 6.01. The van der Waals surface area contributed by atoms with E-state index in [-0.39, 0.29) is 0 Å². The van der Waals surface area contributed by atoms with Gasteiger partial charge in [0.1, 0.15) is 11.6 Å². The van der Waals surface area contributed by atoms with Gasteiger partial charge in [0.25, 0.3) is 0 Å². The number of halogens is 1. The second kappa shape index (κ2) is 6.35. The van der Waals surface area contributed by atoms with Crippen molar-refractivity contribution < 1.29 is 0 Å². The average molecular weight is 334 g/mol. The quantitative estimate of drug-likeness (QED) is 0.875. The molecule has 0 radical (unpaired) electrons. The molecular formula is C16H20BrN3. The molecule has 0 aliphatic heterocycles. The van der Waals surface area contributed by atoms with Crippen LogP contribution in [0.15, 0.2) is 28.7 Å². The van der Waals surface area contributed by atoms with E-state index in [1.54, 1.807) is 0 Å². The van der Waals surface area contributed by atoms with Crippen LogP contribution < -0.4 is 5.32 Å². The predicted molar refractivity (Wildman–Crippen MR) is 88.2 cm³/mol. The summed E-state index contributed by atoms with van der Waals surface area (Å²) in [5.74, 6) is 2.12. The molecule has 1 aromatic heterocycles. The van der Waals surface area contributed by atoms with Crippen LogP contribution in [-0.4, -0.2) is 16.5 Å². The number of nitrogens with zero attached hydrogens (tertiary/aromatic N) is 2. The van der Waals surface area contributed by atoms with Crippen molar-refractivity contribution in [3.05, 3.63) is 40.1 Å². The van der Waals surface area contributed by atoms with Gasteiger partial charge in [-0.05, 0) is 26.0 Å². The molecule has 106 valence electrons. The molecule has 0 bridgehead atoms. The molecule has 4 heteroatoms. The van der Waals surface area contributed by atoms with Gasteiger partial charge in [0.2, 0.25) is 0 Å². The van der Waals surface area contributed by atoms with Crippen LogP contribution in [0.2, 0.25) is 0 Å². The molecule has 3 nitrogen and oxygen atoms in total. The first-order chi connectivity index (χ1) is 9.52. The van der Waals surface area contributed by atoms with Crippen LogP contribution in [0, 0.1) is 6.92 Å². The summed E-state index contributed by atoms with van der Waals surface area (Å²) in [7, 11) is 0. The SMILES string of the molecule is CCNc1nc(C(C)C)nc(-c2ccc(Br)cc2)c1C. The third-order valence-electron chi connectivity index (χ3n) is 3.14. The maximum absolute atomic E-state index is 4.75. The Kier molecular flexibility index (Phi) is 4.76. The Hall–Kier alpha value is -1.42. The summed E-state index contributed by atoms with van der Waals surface area (Å²) in [5, 5.41) is 3.33. The predicted octanol–water partition coefficient (Wildman–Crippen LogP) is 4.77. The van der Waals surface area contributed by atoms with Crippen molar-refractivity contribution in [2.24, 2.45) is 0 Å². The van der Waals surface area contributed by atoms with Gasteiger partial charge in [0, 0.05) is 28.1 Å². The van der Waals surface area contributed by atoms with E-state index in [2.05, 4.69) is 66.1 Å². The molecule has 20 heavy (non-hydrogen) atoms. The molecular weight excluding hydrogens is 314 g/mol. The van der Waals surface area contributed by atoms with Gasteiger partial charge in [-0.1, -0.05) is 41.9 Å². The van der Waals surface area contributed by atoms with Crippen LogP contribution in [0.4, 0.5) is 5.82 Å². The molecule has 0 aliphatic carbocycles. The molecule has 2 aromatic rings. The normalized spacial score (nSPS) is 10.9. The van der Waals surface area contributed by atoms with Gasteiger partial charge in [0.15, 0.2) is 0 Å². The zero-order valence-electron chi connectivity index (χ0n) is 12.4. The minimum atomic E-state index is 0.308. The van der Waals surface area contributed by atoms with Gasteiger partial charge < -0.3 is 5.32 Å². The molecule has 0 saturated heterocycles. The van der Waals surface area contributed by atoms with E-state index in [0.29, 0.717) is 5.92 Å². The number of benzene rings is 1. The van der Waals surface area contributed by atoms with Crippen LogP contribution >= 0.6 is 15.9 Å². The molecule has 0 unspecified atom stereocenters. The number of rotatable bonds is 4. The van der Waals surface area contributed by atoms with Crippen LogP contribution in [0.3, 0.4) is 0 Å². The molecule has 2 rings (SSSR count). The van der Waals surface area contributed by atoms with E-state index < -0.39 is 0 Å². The van der Waals surface area contributed by atoms with Gasteiger partial charge >= 0.3 is 0 Å². The summed E-state index contributed by atoms with van der Waals surface area (Å²) in [6, 6.07) is 8.25. The number of anilines is 1. The summed E-state index contributed by atoms with van der Waals surface area (Å²) < 4.78 is 1.07. The summed E-state index contributed by atoms with van der Waals surface area (Å²) >= 11 is 3.47. The minimum Gasteiger partial charge on any atom is -0.370 e. The lowest BCUT2D eigenvalue weighted by atomic mass is 10.1. The third-order valence-corrected chi connectivity index (χ3v) is 3.67. The van der Waals surface area contributed by atoms with Crippen LogP contribution in [0.5, 0.6) is 0 Å². The lowest BCUT2D eigenvalue weighted by molar-refractivity contribution is 0.774. The molecule has 1 heterocycles. The summed E-state index contributed by atoms with van der Waals surface area (Å²) in [5.41, 5.74) is 3.22. The minimum absolute atomic E-state index is 0.308. The highest BCUT2D eigenvalue weighted by Crippen LogP contribution is 2.28. The van der Waals surface area contributed by atoms with Crippen LogP contribution in [0.1, 0.15) is 38.1 Å². The molecule has 1 aromatic carbocycles. The van der Waals surface area contributed by atoms with E-state index in [0.717, 1.165) is 39.5 Å². The summed E-state index contributed by atoms with van der Waals surface area (Å²) in [6.07, 6.45) is 0. The van der Waals surface area contributed by atoms with E-state index in [4.69, 9.17) is 4.98 Å². The second-order valence-electron chi connectivity index (χ2n) is 5.10. The van der Waals surface area contributed by atoms with E-state index in [9.17, 15) is 0 Å². The van der Waals surface area contributed by atoms with Gasteiger partial charge in [-0.15, -0.1) is 0 Å². The van der Waals surface area contributed by atoms with E-state index >= 15 is 0 Å². The van der Waals surface area contributed by atoms with Gasteiger partial charge in [-0.3, -0.25) is 0 Å². The van der Waals surface area contributed by atoms with Crippen LogP contribution in [-0.2, 0) is 0 Å². The van der Waals surface area contributed by atoms with Crippen molar-refractivity contribution in [3.63, 3.8) is 0 Å². The van der Waals surface area contributed by atoms with Crippen molar-refractivity contribution in [1.82, 2.24) is 9.97 Å². The van der Waals surface area contributed by atoms with Gasteiger partial charge in [0.05, 0.1) is 5.69 Å². The Bertz CT molecular complexity index is 591. The molecule has 0 atom stereocenters. The van der Waals surface area contributed by atoms with Crippen molar-refractivity contribution in [2.75, 3.05) is 11.9 Å². The van der Waals surface area contributed by atoms with E-state index in [1.807, 2.05) is 12.1 Å². The first-order valence-corrected chi connectivity index (χ1v) is 7.70. The van der Waals surface area contributed by atoms with E-state index in [1.165, 1.54) is 0 Å². The Morgan fingerprint density at radius 1 is 1.15 bits per heavy atom. The Balaban J connectivity index is 2.58. The fourth-order valence-electron chi connectivity index (χ4n) is 2.02. The topological polar surface area (TPSA) is 37.8 Å². The van der Waals surface area contributed by atoms with Crippen molar-refractivity contribution in [1.29, 1.82) is 0 Å². The van der Waals surface area contributed by atoms with Crippen LogP contribution in [0.25, 0.3) is 11.3 Å². The molecule has 0 fully saturated rings. The van der Waals surface area contributed by atoms with Crippen molar-refractivity contribution >= 4 is 21.7 Å². The first-order valence-electron chi connectivity index (χ1n) is 6.91. The molecule has 0 amide bonds. The van der Waals surface area contributed by atoms with Crippen molar-refractivity contribution in [3.8, 4) is 11.3 Å². The number of aromatic nitrogens is 2. The highest BCUT2D eigenvalue weighted by molar-refractivity contribution is 9.10. The largest absolute Gasteiger partial charge is 0.370 e. The summed E-state index contributed by atoms with van der Waals surface area (Å²) in [6.45, 7) is 9.24. The molecule has 0 aliphatic rings. The zero-order chi connectivity index (χ0) is 14.7. The Morgan fingerprint density at radius 2 is 1.80 bits per heavy atom. The van der Waals surface area contributed by atoms with Gasteiger partial charge in [-0.2, -0.15) is 0 Å². The highest BCUT2D eigenvalue weighted by atomic mass is 79.9. The monoisotopic (exact) mass is 333 g/mol. The highest BCUT2D eigenvalue weighted by Gasteiger charge is 2.14. The van der Waals surface area contributed by atoms with Gasteiger partial charge in [-0.25, -0.2) is 9.97 Å². The maximum atomic E-state index is 4.75. The lowest BCUT2D eigenvalue weighted by Gasteiger charge is -2.15. The third kappa shape index (κ3) is 3.18. The summed E-state index contributed by atoms with van der Waals surface area (Å²) in [4.78, 5) is 9.38. The smallest absolute Gasteiger partial charge is 0.133 e. The average Bonchev–Trinajstić information content (AvgIpc) is 2.42. The molecule has 0 spiro atoms. The number of hydrogen-bond donors (Lipinski definition) is 1. The number of nitrogens with one attached hydrogen (secondary N) is 1. The maximum Gasteiger partial charge on any atom is 0.133 e. The fourth-order valence-corrected chi connectivity index (χ4v) is 2.28.